The largest absolute Gasteiger partial charge is 0.466 e. The Kier molecular flexibility index (Phi) is 3.11. The van der Waals surface area contributed by atoms with Crippen LogP contribution in [0.15, 0.2) is 10.5 Å². The van der Waals surface area contributed by atoms with Crippen LogP contribution in [0.1, 0.15) is 28.3 Å². The molecule has 1 spiro atoms. The number of ether oxygens (including phenoxy) is 2. The van der Waals surface area contributed by atoms with Crippen molar-refractivity contribution in [1.82, 2.24) is 4.90 Å². The standard InChI is InChI=1S/C14H19NO4/c1-10-7-12(11(2)19-10)13(16)15-4-6-18-9-14(15)3-5-17-8-14/h7H,3-6,8-9H2,1-2H3/t14-/m1/s1. The lowest BCUT2D eigenvalue weighted by atomic mass is 9.95. The summed E-state index contributed by atoms with van der Waals surface area (Å²) >= 11 is 0. The van der Waals surface area contributed by atoms with Gasteiger partial charge in [0.05, 0.1) is 30.9 Å². The lowest BCUT2D eigenvalue weighted by Gasteiger charge is -2.43. The van der Waals surface area contributed by atoms with Crippen molar-refractivity contribution < 1.29 is 18.7 Å². The first-order valence-corrected chi connectivity index (χ1v) is 6.67. The monoisotopic (exact) mass is 265 g/mol. The minimum Gasteiger partial charge on any atom is -0.466 e. The van der Waals surface area contributed by atoms with E-state index >= 15 is 0 Å². The number of carbonyl (C=O) groups excluding carboxylic acids is 1. The number of morpholine rings is 1. The van der Waals surface area contributed by atoms with Crippen molar-refractivity contribution in [3.05, 3.63) is 23.2 Å². The van der Waals surface area contributed by atoms with Gasteiger partial charge in [0.2, 0.25) is 0 Å². The average molecular weight is 265 g/mol. The summed E-state index contributed by atoms with van der Waals surface area (Å²) in [6, 6.07) is 1.82. The van der Waals surface area contributed by atoms with E-state index in [9.17, 15) is 4.79 Å². The second kappa shape index (κ2) is 4.65. The van der Waals surface area contributed by atoms with Gasteiger partial charge < -0.3 is 18.8 Å². The fraction of sp³-hybridized carbons (Fsp3) is 0.643. The van der Waals surface area contributed by atoms with E-state index < -0.39 is 0 Å². The van der Waals surface area contributed by atoms with Gasteiger partial charge in [-0.3, -0.25) is 4.79 Å². The number of hydrogen-bond donors (Lipinski definition) is 0. The maximum Gasteiger partial charge on any atom is 0.258 e. The van der Waals surface area contributed by atoms with Crippen LogP contribution in [0.3, 0.4) is 0 Å². The summed E-state index contributed by atoms with van der Waals surface area (Å²) in [5.41, 5.74) is 0.373. The van der Waals surface area contributed by atoms with Gasteiger partial charge in [0, 0.05) is 13.2 Å². The maximum atomic E-state index is 12.7. The van der Waals surface area contributed by atoms with Crippen molar-refractivity contribution in [2.24, 2.45) is 0 Å². The van der Waals surface area contributed by atoms with Crippen molar-refractivity contribution in [3.8, 4) is 0 Å². The summed E-state index contributed by atoms with van der Waals surface area (Å²) in [7, 11) is 0. The Balaban J connectivity index is 1.91. The van der Waals surface area contributed by atoms with Crippen LogP contribution in [0.4, 0.5) is 0 Å². The molecule has 19 heavy (non-hydrogen) atoms. The Morgan fingerprint density at radius 1 is 1.26 bits per heavy atom. The van der Waals surface area contributed by atoms with E-state index in [4.69, 9.17) is 13.9 Å². The lowest BCUT2D eigenvalue weighted by molar-refractivity contribution is -0.0551. The number of hydrogen-bond acceptors (Lipinski definition) is 4. The van der Waals surface area contributed by atoms with E-state index in [1.807, 2.05) is 24.8 Å². The number of amides is 1. The van der Waals surface area contributed by atoms with Gasteiger partial charge in [0.25, 0.3) is 5.91 Å². The normalized spacial score (nSPS) is 27.2. The maximum absolute atomic E-state index is 12.7. The molecule has 0 unspecified atom stereocenters. The van der Waals surface area contributed by atoms with E-state index in [-0.39, 0.29) is 11.4 Å². The van der Waals surface area contributed by atoms with Crippen LogP contribution < -0.4 is 0 Å². The first kappa shape index (κ1) is 12.7. The molecule has 5 nitrogen and oxygen atoms in total. The van der Waals surface area contributed by atoms with Crippen LogP contribution in [0.25, 0.3) is 0 Å². The molecule has 2 aliphatic heterocycles. The molecule has 3 rings (SSSR count). The van der Waals surface area contributed by atoms with Crippen LogP contribution >= 0.6 is 0 Å². The molecule has 2 fully saturated rings. The number of rotatable bonds is 1. The third-order valence-corrected chi connectivity index (χ3v) is 4.00. The number of furan rings is 1. The Hall–Kier alpha value is -1.33. The van der Waals surface area contributed by atoms with Crippen molar-refractivity contribution in [2.45, 2.75) is 25.8 Å². The number of nitrogens with zero attached hydrogens (tertiary/aromatic N) is 1. The molecule has 3 heterocycles. The summed E-state index contributed by atoms with van der Waals surface area (Å²) in [6.07, 6.45) is 0.842. The van der Waals surface area contributed by atoms with Crippen LogP contribution in [-0.4, -0.2) is 49.3 Å². The van der Waals surface area contributed by atoms with E-state index in [0.29, 0.717) is 44.3 Å². The highest BCUT2D eigenvalue weighted by Crippen LogP contribution is 2.31. The molecule has 1 amide bonds. The van der Waals surface area contributed by atoms with Crippen molar-refractivity contribution in [2.75, 3.05) is 33.0 Å². The van der Waals surface area contributed by atoms with Gasteiger partial charge in [-0.15, -0.1) is 0 Å². The second-order valence-corrected chi connectivity index (χ2v) is 5.36. The molecule has 0 N–H and O–H groups in total. The smallest absolute Gasteiger partial charge is 0.258 e. The quantitative estimate of drug-likeness (QED) is 0.772. The zero-order chi connectivity index (χ0) is 13.5. The van der Waals surface area contributed by atoms with Crippen LogP contribution in [0.2, 0.25) is 0 Å². The summed E-state index contributed by atoms with van der Waals surface area (Å²) in [4.78, 5) is 14.7. The molecule has 2 saturated heterocycles. The van der Waals surface area contributed by atoms with E-state index in [0.717, 1.165) is 12.2 Å². The Bertz CT molecular complexity index is 488. The fourth-order valence-electron chi connectivity index (χ4n) is 2.96. The van der Waals surface area contributed by atoms with E-state index in [1.54, 1.807) is 0 Å². The predicted octanol–water partition coefficient (Wildman–Crippen LogP) is 1.53. The molecule has 104 valence electrons. The van der Waals surface area contributed by atoms with Crippen LogP contribution in [0.5, 0.6) is 0 Å². The van der Waals surface area contributed by atoms with Crippen molar-refractivity contribution in [1.29, 1.82) is 0 Å². The summed E-state index contributed by atoms with van der Waals surface area (Å²) in [6.45, 7) is 6.71. The van der Waals surface area contributed by atoms with Gasteiger partial charge in [0.15, 0.2) is 0 Å². The fourth-order valence-corrected chi connectivity index (χ4v) is 2.96. The van der Waals surface area contributed by atoms with Gasteiger partial charge in [-0.25, -0.2) is 0 Å². The van der Waals surface area contributed by atoms with Gasteiger partial charge in [-0.2, -0.15) is 0 Å². The first-order valence-electron chi connectivity index (χ1n) is 6.67. The molecule has 0 saturated carbocycles. The highest BCUT2D eigenvalue weighted by atomic mass is 16.5. The van der Waals surface area contributed by atoms with E-state index in [1.165, 1.54) is 0 Å². The number of carbonyl (C=O) groups is 1. The Morgan fingerprint density at radius 2 is 2.00 bits per heavy atom. The van der Waals surface area contributed by atoms with E-state index in [2.05, 4.69) is 0 Å². The molecular weight excluding hydrogens is 246 g/mol. The molecule has 0 aromatic carbocycles. The minimum absolute atomic E-state index is 0.0307. The Morgan fingerprint density at radius 3 is 2.63 bits per heavy atom. The minimum atomic E-state index is -0.285. The van der Waals surface area contributed by atoms with Crippen LogP contribution in [-0.2, 0) is 9.47 Å². The SMILES string of the molecule is Cc1cc(C(=O)N2CCOC[C@]23CCOC3)c(C)o1. The zero-order valence-corrected chi connectivity index (χ0v) is 11.4. The molecule has 2 aliphatic rings. The van der Waals surface area contributed by atoms with Gasteiger partial charge in [-0.1, -0.05) is 0 Å². The molecular formula is C14H19NO4. The van der Waals surface area contributed by atoms with Crippen molar-refractivity contribution >= 4 is 5.91 Å². The summed E-state index contributed by atoms with van der Waals surface area (Å²) in [5, 5.41) is 0. The van der Waals surface area contributed by atoms with Gasteiger partial charge >= 0.3 is 0 Å². The Labute approximate surface area is 112 Å². The third-order valence-electron chi connectivity index (χ3n) is 4.00. The molecule has 1 aromatic heterocycles. The topological polar surface area (TPSA) is 51.9 Å². The predicted molar refractivity (Wildman–Crippen MR) is 68.2 cm³/mol. The van der Waals surface area contributed by atoms with Crippen molar-refractivity contribution in [3.63, 3.8) is 0 Å². The summed E-state index contributed by atoms with van der Waals surface area (Å²) < 4.78 is 16.5. The lowest BCUT2D eigenvalue weighted by Crippen LogP contribution is -2.59. The second-order valence-electron chi connectivity index (χ2n) is 5.36. The third kappa shape index (κ3) is 2.07. The molecule has 1 atom stereocenters. The highest BCUT2D eigenvalue weighted by molar-refractivity contribution is 5.96. The molecule has 0 bridgehead atoms. The summed E-state index contributed by atoms with van der Waals surface area (Å²) in [5.74, 6) is 1.48. The van der Waals surface area contributed by atoms with Gasteiger partial charge in [0.1, 0.15) is 11.5 Å². The highest BCUT2D eigenvalue weighted by Gasteiger charge is 2.46. The first-order chi connectivity index (χ1) is 9.12. The average Bonchev–Trinajstić information content (AvgIpc) is 2.97. The number of aryl methyl sites for hydroxylation is 2. The molecule has 5 heteroatoms. The zero-order valence-electron chi connectivity index (χ0n) is 11.4. The molecule has 1 aromatic rings. The molecule has 0 radical (unpaired) electrons. The molecule has 0 aliphatic carbocycles. The van der Waals surface area contributed by atoms with Crippen LogP contribution in [0, 0.1) is 13.8 Å². The van der Waals surface area contributed by atoms with Gasteiger partial charge in [-0.05, 0) is 26.3 Å².